The highest BCUT2D eigenvalue weighted by Gasteiger charge is 2.25. The highest BCUT2D eigenvalue weighted by Crippen LogP contribution is 2.12. The number of carbonyl (C=O) groups excluding carboxylic acids is 2. The second-order valence-electron chi connectivity index (χ2n) is 7.71. The van der Waals surface area contributed by atoms with E-state index in [9.17, 15) is 9.59 Å². The van der Waals surface area contributed by atoms with Crippen LogP contribution in [0.4, 0.5) is 4.79 Å². The van der Waals surface area contributed by atoms with Crippen LogP contribution in [0, 0.1) is 6.92 Å². The van der Waals surface area contributed by atoms with Crippen LogP contribution in [0.1, 0.15) is 43.4 Å². The Bertz CT molecular complexity index is 627. The van der Waals surface area contributed by atoms with Crippen molar-refractivity contribution < 1.29 is 14.3 Å². The van der Waals surface area contributed by atoms with Gasteiger partial charge in [-0.1, -0.05) is 0 Å². The summed E-state index contributed by atoms with van der Waals surface area (Å²) in [5.74, 6) is -0.0946. The molecule has 0 aliphatic carbocycles. The average Bonchev–Trinajstić information content (AvgIpc) is 2.89. The second-order valence-corrected chi connectivity index (χ2v) is 7.71. The van der Waals surface area contributed by atoms with Crippen molar-refractivity contribution in [2.75, 3.05) is 39.3 Å². The molecule has 1 aromatic rings. The summed E-state index contributed by atoms with van der Waals surface area (Å²) in [6.45, 7) is 12.0. The van der Waals surface area contributed by atoms with E-state index in [0.717, 1.165) is 31.7 Å². The summed E-state index contributed by atoms with van der Waals surface area (Å²) in [7, 11) is 1.77. The maximum Gasteiger partial charge on any atom is 0.410 e. The van der Waals surface area contributed by atoms with E-state index in [1.54, 1.807) is 22.7 Å². The Morgan fingerprint density at radius 1 is 1.23 bits per heavy atom. The maximum absolute atomic E-state index is 12.1. The van der Waals surface area contributed by atoms with Gasteiger partial charge in [0.2, 0.25) is 0 Å². The van der Waals surface area contributed by atoms with Crippen LogP contribution in [0.25, 0.3) is 0 Å². The number of amides is 2. The maximum atomic E-state index is 12.1. The molecule has 0 saturated carbocycles. The van der Waals surface area contributed by atoms with Crippen LogP contribution in [0.15, 0.2) is 6.07 Å². The first-order valence-electron chi connectivity index (χ1n) is 9.15. The summed E-state index contributed by atoms with van der Waals surface area (Å²) >= 11 is 0. The number of nitrogens with one attached hydrogen (secondary N) is 1. The quantitative estimate of drug-likeness (QED) is 0.798. The second kappa shape index (κ2) is 8.53. The number of rotatable bonds is 5. The molecule has 0 atom stereocenters. The third-order valence-corrected chi connectivity index (χ3v) is 4.20. The molecule has 1 saturated heterocycles. The third-order valence-electron chi connectivity index (χ3n) is 4.20. The molecule has 2 amide bonds. The molecule has 8 heteroatoms. The SMILES string of the molecule is Cc1cc(C(=O)NCCCN2CCN(C(=O)OC(C)(C)C)CC2)n(C)n1. The zero-order valence-electron chi connectivity index (χ0n) is 16.5. The number of ether oxygens (including phenoxy) is 1. The number of aromatic nitrogens is 2. The van der Waals surface area contributed by atoms with Gasteiger partial charge in [0, 0.05) is 39.8 Å². The lowest BCUT2D eigenvalue weighted by atomic mass is 10.2. The van der Waals surface area contributed by atoms with E-state index in [4.69, 9.17) is 4.74 Å². The summed E-state index contributed by atoms with van der Waals surface area (Å²) in [5.41, 5.74) is 0.952. The lowest BCUT2D eigenvalue weighted by molar-refractivity contribution is 0.0144. The predicted octanol–water partition coefficient (Wildman–Crippen LogP) is 1.40. The van der Waals surface area contributed by atoms with E-state index in [1.807, 2.05) is 27.7 Å². The number of aryl methyl sites for hydroxylation is 2. The lowest BCUT2D eigenvalue weighted by Gasteiger charge is -2.35. The van der Waals surface area contributed by atoms with E-state index in [1.165, 1.54) is 0 Å². The molecule has 1 aliphatic rings. The number of carbonyl (C=O) groups is 2. The van der Waals surface area contributed by atoms with Gasteiger partial charge in [-0.05, 0) is 46.7 Å². The molecule has 1 aromatic heterocycles. The molecule has 2 heterocycles. The van der Waals surface area contributed by atoms with Gasteiger partial charge in [0.25, 0.3) is 5.91 Å². The summed E-state index contributed by atoms with van der Waals surface area (Å²) in [6, 6.07) is 1.78. The Morgan fingerprint density at radius 3 is 2.42 bits per heavy atom. The first-order chi connectivity index (χ1) is 12.2. The van der Waals surface area contributed by atoms with E-state index < -0.39 is 5.60 Å². The van der Waals surface area contributed by atoms with Crippen LogP contribution >= 0.6 is 0 Å². The minimum Gasteiger partial charge on any atom is -0.444 e. The van der Waals surface area contributed by atoms with Crippen molar-refractivity contribution in [1.29, 1.82) is 0 Å². The van der Waals surface area contributed by atoms with Gasteiger partial charge in [0.15, 0.2) is 0 Å². The first kappa shape index (κ1) is 20.2. The van der Waals surface area contributed by atoms with Crippen LogP contribution in [-0.4, -0.2) is 76.5 Å². The summed E-state index contributed by atoms with van der Waals surface area (Å²) in [6.07, 6.45) is 0.630. The van der Waals surface area contributed by atoms with Gasteiger partial charge >= 0.3 is 6.09 Å². The van der Waals surface area contributed by atoms with Crippen molar-refractivity contribution in [1.82, 2.24) is 24.9 Å². The van der Waals surface area contributed by atoms with Crippen molar-refractivity contribution in [3.63, 3.8) is 0 Å². The van der Waals surface area contributed by atoms with Crippen LogP contribution in [0.3, 0.4) is 0 Å². The average molecular weight is 365 g/mol. The Balaban J connectivity index is 1.64. The van der Waals surface area contributed by atoms with Crippen molar-refractivity contribution in [3.05, 3.63) is 17.5 Å². The number of hydrogen-bond acceptors (Lipinski definition) is 5. The fraction of sp³-hybridized carbons (Fsp3) is 0.722. The topological polar surface area (TPSA) is 79.7 Å². The zero-order chi connectivity index (χ0) is 19.3. The Hall–Kier alpha value is -2.09. The smallest absolute Gasteiger partial charge is 0.410 e. The monoisotopic (exact) mass is 365 g/mol. The molecule has 0 spiro atoms. The fourth-order valence-corrected chi connectivity index (χ4v) is 2.90. The molecule has 0 radical (unpaired) electrons. The van der Waals surface area contributed by atoms with Crippen molar-refractivity contribution in [2.45, 2.75) is 39.7 Å². The lowest BCUT2D eigenvalue weighted by Crippen LogP contribution is -2.50. The van der Waals surface area contributed by atoms with Gasteiger partial charge in [0.1, 0.15) is 11.3 Å². The van der Waals surface area contributed by atoms with Crippen LogP contribution < -0.4 is 5.32 Å². The van der Waals surface area contributed by atoms with Crippen molar-refractivity contribution in [3.8, 4) is 0 Å². The Labute approximate surface area is 155 Å². The molecular weight excluding hydrogens is 334 g/mol. The van der Waals surface area contributed by atoms with Gasteiger partial charge in [-0.3, -0.25) is 14.4 Å². The molecule has 2 rings (SSSR count). The standard InChI is InChI=1S/C18H31N5O3/c1-14-13-15(21(5)20-14)16(24)19-7-6-8-22-9-11-23(12-10-22)17(25)26-18(2,3)4/h13H,6-12H2,1-5H3,(H,19,24). The Morgan fingerprint density at radius 2 is 1.88 bits per heavy atom. The van der Waals surface area contributed by atoms with Gasteiger partial charge in [-0.25, -0.2) is 4.79 Å². The zero-order valence-corrected chi connectivity index (χ0v) is 16.5. The van der Waals surface area contributed by atoms with Gasteiger partial charge in [-0.15, -0.1) is 0 Å². The van der Waals surface area contributed by atoms with Gasteiger partial charge in [-0.2, -0.15) is 5.10 Å². The minimum atomic E-state index is -0.459. The minimum absolute atomic E-state index is 0.0946. The van der Waals surface area contributed by atoms with Crippen LogP contribution in [0.2, 0.25) is 0 Å². The van der Waals surface area contributed by atoms with Crippen LogP contribution in [-0.2, 0) is 11.8 Å². The molecule has 1 aliphatic heterocycles. The Kier molecular flexibility index (Phi) is 6.63. The van der Waals surface area contributed by atoms with Crippen molar-refractivity contribution >= 4 is 12.0 Å². The molecule has 0 unspecified atom stereocenters. The highest BCUT2D eigenvalue weighted by molar-refractivity contribution is 5.92. The van der Waals surface area contributed by atoms with E-state index >= 15 is 0 Å². The molecule has 1 N–H and O–H groups in total. The van der Waals surface area contributed by atoms with Crippen molar-refractivity contribution in [2.24, 2.45) is 7.05 Å². The first-order valence-corrected chi connectivity index (χ1v) is 9.15. The molecule has 8 nitrogen and oxygen atoms in total. The largest absolute Gasteiger partial charge is 0.444 e. The van der Waals surface area contributed by atoms with Crippen LogP contribution in [0.5, 0.6) is 0 Å². The summed E-state index contributed by atoms with van der Waals surface area (Å²) in [5, 5.41) is 7.12. The summed E-state index contributed by atoms with van der Waals surface area (Å²) < 4.78 is 7.00. The number of piperazine rings is 1. The van der Waals surface area contributed by atoms with Gasteiger partial charge < -0.3 is 15.0 Å². The van der Waals surface area contributed by atoms with E-state index in [0.29, 0.717) is 25.3 Å². The normalized spacial score (nSPS) is 15.8. The molecule has 1 fully saturated rings. The van der Waals surface area contributed by atoms with E-state index in [-0.39, 0.29) is 12.0 Å². The molecular formula is C18H31N5O3. The molecule has 0 bridgehead atoms. The number of nitrogens with zero attached hydrogens (tertiary/aromatic N) is 4. The third kappa shape index (κ3) is 6.01. The molecule has 26 heavy (non-hydrogen) atoms. The highest BCUT2D eigenvalue weighted by atomic mass is 16.6. The molecule has 146 valence electrons. The fourth-order valence-electron chi connectivity index (χ4n) is 2.90. The van der Waals surface area contributed by atoms with E-state index in [2.05, 4.69) is 15.3 Å². The van der Waals surface area contributed by atoms with Gasteiger partial charge in [0.05, 0.1) is 5.69 Å². The summed E-state index contributed by atoms with van der Waals surface area (Å²) in [4.78, 5) is 28.2. The molecule has 0 aromatic carbocycles. The predicted molar refractivity (Wildman–Crippen MR) is 99.1 cm³/mol. The number of hydrogen-bond donors (Lipinski definition) is 1.